The third-order valence-electron chi connectivity index (χ3n) is 2.40. The molecule has 1 aliphatic heterocycles. The summed E-state index contributed by atoms with van der Waals surface area (Å²) in [5, 5.41) is 0. The van der Waals surface area contributed by atoms with E-state index < -0.39 is 5.82 Å². The second-order valence-electron chi connectivity index (χ2n) is 3.47. The van der Waals surface area contributed by atoms with Crippen molar-refractivity contribution in [1.29, 1.82) is 0 Å². The van der Waals surface area contributed by atoms with Crippen molar-refractivity contribution in [3.63, 3.8) is 0 Å². The zero-order chi connectivity index (χ0) is 11.0. The van der Waals surface area contributed by atoms with E-state index in [0.29, 0.717) is 17.4 Å². The second-order valence-corrected chi connectivity index (χ2v) is 4.39. The SMILES string of the molecule is Nc1cc(Br)cc(F)c1N1CCCC1=O. The average molecular weight is 273 g/mol. The number of amides is 1. The van der Waals surface area contributed by atoms with Crippen molar-refractivity contribution >= 4 is 33.2 Å². The number of carbonyl (C=O) groups excluding carboxylic acids is 1. The summed E-state index contributed by atoms with van der Waals surface area (Å²) in [7, 11) is 0. The molecule has 3 nitrogen and oxygen atoms in total. The fourth-order valence-electron chi connectivity index (χ4n) is 1.76. The maximum absolute atomic E-state index is 13.6. The van der Waals surface area contributed by atoms with E-state index >= 15 is 0 Å². The van der Waals surface area contributed by atoms with Gasteiger partial charge in [-0.05, 0) is 18.6 Å². The predicted octanol–water partition coefficient (Wildman–Crippen LogP) is 2.30. The number of nitrogens with zero attached hydrogens (tertiary/aromatic N) is 1. The molecule has 15 heavy (non-hydrogen) atoms. The molecule has 1 heterocycles. The molecule has 0 atom stereocenters. The summed E-state index contributed by atoms with van der Waals surface area (Å²) >= 11 is 3.15. The van der Waals surface area contributed by atoms with Gasteiger partial charge in [0.25, 0.3) is 0 Å². The third-order valence-corrected chi connectivity index (χ3v) is 2.86. The van der Waals surface area contributed by atoms with E-state index in [9.17, 15) is 9.18 Å². The highest BCUT2D eigenvalue weighted by Gasteiger charge is 2.26. The van der Waals surface area contributed by atoms with E-state index in [2.05, 4.69) is 15.9 Å². The maximum Gasteiger partial charge on any atom is 0.227 e. The van der Waals surface area contributed by atoms with Crippen molar-refractivity contribution < 1.29 is 9.18 Å². The van der Waals surface area contributed by atoms with Crippen LogP contribution in [0.2, 0.25) is 0 Å². The van der Waals surface area contributed by atoms with Gasteiger partial charge < -0.3 is 10.6 Å². The molecular weight excluding hydrogens is 263 g/mol. The first kappa shape index (κ1) is 10.4. The maximum atomic E-state index is 13.6. The van der Waals surface area contributed by atoms with Gasteiger partial charge in [-0.1, -0.05) is 15.9 Å². The minimum atomic E-state index is -0.461. The number of carbonyl (C=O) groups is 1. The van der Waals surface area contributed by atoms with E-state index in [0.717, 1.165) is 6.42 Å². The monoisotopic (exact) mass is 272 g/mol. The Bertz CT molecular complexity index is 399. The molecule has 1 amide bonds. The highest BCUT2D eigenvalue weighted by molar-refractivity contribution is 9.10. The number of nitrogen functional groups attached to an aromatic ring is 1. The number of nitrogens with two attached hydrogens (primary N) is 1. The number of halogens is 2. The van der Waals surface area contributed by atoms with Gasteiger partial charge in [-0.15, -0.1) is 0 Å². The topological polar surface area (TPSA) is 46.3 Å². The summed E-state index contributed by atoms with van der Waals surface area (Å²) in [6.07, 6.45) is 1.22. The van der Waals surface area contributed by atoms with E-state index in [4.69, 9.17) is 5.73 Å². The highest BCUT2D eigenvalue weighted by atomic mass is 79.9. The summed E-state index contributed by atoms with van der Waals surface area (Å²) in [6.45, 7) is 0.543. The van der Waals surface area contributed by atoms with E-state index in [1.807, 2.05) is 0 Å². The van der Waals surface area contributed by atoms with Crippen LogP contribution in [0.5, 0.6) is 0 Å². The molecule has 0 unspecified atom stereocenters. The molecule has 0 spiro atoms. The van der Waals surface area contributed by atoms with Crippen LogP contribution < -0.4 is 10.6 Å². The quantitative estimate of drug-likeness (QED) is 0.798. The van der Waals surface area contributed by atoms with Crippen LogP contribution in [0.15, 0.2) is 16.6 Å². The zero-order valence-corrected chi connectivity index (χ0v) is 9.55. The lowest BCUT2D eigenvalue weighted by molar-refractivity contribution is -0.117. The Kier molecular flexibility index (Phi) is 2.65. The van der Waals surface area contributed by atoms with Gasteiger partial charge in [0, 0.05) is 17.4 Å². The molecule has 0 aromatic heterocycles. The number of hydrogen-bond acceptors (Lipinski definition) is 2. The number of hydrogen-bond donors (Lipinski definition) is 1. The molecule has 1 saturated heterocycles. The predicted molar refractivity (Wildman–Crippen MR) is 60.1 cm³/mol. The van der Waals surface area contributed by atoms with Gasteiger partial charge in [0.2, 0.25) is 5.91 Å². The molecule has 2 rings (SSSR count). The van der Waals surface area contributed by atoms with Crippen molar-refractivity contribution in [3.05, 3.63) is 22.4 Å². The van der Waals surface area contributed by atoms with Crippen molar-refractivity contribution in [2.24, 2.45) is 0 Å². The van der Waals surface area contributed by atoms with Gasteiger partial charge in [-0.2, -0.15) is 0 Å². The molecule has 0 radical (unpaired) electrons. The summed E-state index contributed by atoms with van der Waals surface area (Å²) in [6, 6.07) is 2.92. The largest absolute Gasteiger partial charge is 0.397 e. The smallest absolute Gasteiger partial charge is 0.227 e. The van der Waals surface area contributed by atoms with Crippen molar-refractivity contribution in [2.45, 2.75) is 12.8 Å². The Morgan fingerprint density at radius 2 is 2.20 bits per heavy atom. The lowest BCUT2D eigenvalue weighted by atomic mass is 10.2. The fraction of sp³-hybridized carbons (Fsp3) is 0.300. The second kappa shape index (κ2) is 3.81. The molecule has 1 aromatic rings. The molecule has 1 aromatic carbocycles. The van der Waals surface area contributed by atoms with Crippen LogP contribution in [-0.4, -0.2) is 12.5 Å². The molecule has 5 heteroatoms. The fourth-order valence-corrected chi connectivity index (χ4v) is 2.20. The van der Waals surface area contributed by atoms with Crippen LogP contribution in [0, 0.1) is 5.82 Å². The summed E-state index contributed by atoms with van der Waals surface area (Å²) < 4.78 is 14.2. The molecular formula is C10H10BrFN2O. The average Bonchev–Trinajstić information content (AvgIpc) is 2.50. The van der Waals surface area contributed by atoms with Gasteiger partial charge in [0.05, 0.1) is 5.69 Å². The normalized spacial score (nSPS) is 16.1. The highest BCUT2D eigenvalue weighted by Crippen LogP contribution is 2.32. The Morgan fingerprint density at radius 1 is 1.47 bits per heavy atom. The third kappa shape index (κ3) is 1.84. The van der Waals surface area contributed by atoms with Crippen molar-refractivity contribution in [1.82, 2.24) is 0 Å². The molecule has 1 aliphatic rings. The van der Waals surface area contributed by atoms with Gasteiger partial charge >= 0.3 is 0 Å². The Hall–Kier alpha value is -1.10. The van der Waals surface area contributed by atoms with Gasteiger partial charge in [-0.25, -0.2) is 4.39 Å². The lowest BCUT2D eigenvalue weighted by Gasteiger charge is -2.18. The minimum Gasteiger partial charge on any atom is -0.397 e. The van der Waals surface area contributed by atoms with Crippen LogP contribution in [0.3, 0.4) is 0 Å². The van der Waals surface area contributed by atoms with E-state index in [1.165, 1.54) is 11.0 Å². The van der Waals surface area contributed by atoms with Crippen molar-refractivity contribution in [2.75, 3.05) is 17.2 Å². The Morgan fingerprint density at radius 3 is 2.73 bits per heavy atom. The lowest BCUT2D eigenvalue weighted by Crippen LogP contribution is -2.25. The van der Waals surface area contributed by atoms with Gasteiger partial charge in [0.1, 0.15) is 11.5 Å². The molecule has 0 bridgehead atoms. The molecule has 0 aliphatic carbocycles. The standard InChI is InChI=1S/C10H10BrFN2O/c11-6-4-7(12)10(8(13)5-6)14-3-1-2-9(14)15/h4-5H,1-3,13H2. The number of rotatable bonds is 1. The Balaban J connectivity index is 2.47. The van der Waals surface area contributed by atoms with Gasteiger partial charge in [-0.3, -0.25) is 4.79 Å². The zero-order valence-electron chi connectivity index (χ0n) is 7.96. The van der Waals surface area contributed by atoms with Crippen LogP contribution >= 0.6 is 15.9 Å². The molecule has 1 fully saturated rings. The van der Waals surface area contributed by atoms with Crippen molar-refractivity contribution in [3.8, 4) is 0 Å². The van der Waals surface area contributed by atoms with Crippen LogP contribution in [0.25, 0.3) is 0 Å². The van der Waals surface area contributed by atoms with Crippen LogP contribution in [0.4, 0.5) is 15.8 Å². The first-order chi connectivity index (χ1) is 7.09. The summed E-state index contributed by atoms with van der Waals surface area (Å²) in [4.78, 5) is 12.9. The van der Waals surface area contributed by atoms with Gasteiger partial charge in [0.15, 0.2) is 0 Å². The van der Waals surface area contributed by atoms with E-state index in [-0.39, 0.29) is 17.3 Å². The summed E-state index contributed by atoms with van der Waals surface area (Å²) in [5.41, 5.74) is 6.20. The minimum absolute atomic E-state index is 0.0667. The Labute approximate surface area is 95.2 Å². The molecule has 0 saturated carbocycles. The summed E-state index contributed by atoms with van der Waals surface area (Å²) in [5.74, 6) is -0.528. The number of benzene rings is 1. The van der Waals surface area contributed by atoms with Crippen LogP contribution in [0.1, 0.15) is 12.8 Å². The molecule has 2 N–H and O–H groups in total. The number of anilines is 2. The van der Waals surface area contributed by atoms with E-state index in [1.54, 1.807) is 6.07 Å². The first-order valence-electron chi connectivity index (χ1n) is 4.64. The molecule has 80 valence electrons. The first-order valence-corrected chi connectivity index (χ1v) is 5.44. The van der Waals surface area contributed by atoms with Crippen LogP contribution in [-0.2, 0) is 4.79 Å².